The lowest BCUT2D eigenvalue weighted by Crippen LogP contribution is -2.01. The van der Waals surface area contributed by atoms with E-state index in [2.05, 4.69) is 34.9 Å². The highest BCUT2D eigenvalue weighted by molar-refractivity contribution is 9.08. The minimum Gasteiger partial charge on any atom is -0.490 e. The smallest absolute Gasteiger partial charge is 0.167 e. The molecule has 114 valence electrons. The predicted molar refractivity (Wildman–Crippen MR) is 86.1 cm³/mol. The largest absolute Gasteiger partial charge is 0.490 e. The molecule has 0 aliphatic carbocycles. The van der Waals surface area contributed by atoms with E-state index in [1.165, 1.54) is 0 Å². The first-order chi connectivity index (χ1) is 10.3. The molecule has 0 aliphatic heterocycles. The van der Waals surface area contributed by atoms with Crippen molar-refractivity contribution >= 4 is 15.9 Å². The molecular weight excluding hydrogens is 334 g/mol. The van der Waals surface area contributed by atoms with Gasteiger partial charge in [0.1, 0.15) is 0 Å². The van der Waals surface area contributed by atoms with Crippen molar-refractivity contribution in [2.75, 3.05) is 13.2 Å². The van der Waals surface area contributed by atoms with Crippen molar-refractivity contribution < 1.29 is 14.0 Å². The standard InChI is InChI=1S/C16H20BrNO3/c1-3-7-19-14-6-5-12(9-16(14)20-8-4-2)15-10-13(11-17)18-21-15/h5-6,9-10H,3-4,7-8,11H2,1-2H3. The van der Waals surface area contributed by atoms with Crippen LogP contribution in [0.3, 0.4) is 0 Å². The summed E-state index contributed by atoms with van der Waals surface area (Å²) in [5.74, 6) is 2.25. The lowest BCUT2D eigenvalue weighted by Gasteiger charge is -2.12. The Morgan fingerprint density at radius 3 is 2.38 bits per heavy atom. The molecule has 1 heterocycles. The van der Waals surface area contributed by atoms with Crippen molar-refractivity contribution in [3.05, 3.63) is 30.0 Å². The number of ether oxygens (including phenoxy) is 2. The van der Waals surface area contributed by atoms with Crippen LogP contribution in [0, 0.1) is 0 Å². The second kappa shape index (κ2) is 8.08. The third-order valence-electron chi connectivity index (χ3n) is 2.85. The Kier molecular flexibility index (Phi) is 6.11. The van der Waals surface area contributed by atoms with E-state index in [1.807, 2.05) is 24.3 Å². The Hall–Kier alpha value is -1.49. The fourth-order valence-corrected chi connectivity index (χ4v) is 2.09. The molecular formula is C16H20BrNO3. The van der Waals surface area contributed by atoms with Crippen LogP contribution in [0.2, 0.25) is 0 Å². The van der Waals surface area contributed by atoms with Gasteiger partial charge in [0.05, 0.1) is 18.9 Å². The topological polar surface area (TPSA) is 44.5 Å². The Morgan fingerprint density at radius 1 is 1.05 bits per heavy atom. The minimum absolute atomic E-state index is 0.662. The molecule has 0 bridgehead atoms. The van der Waals surface area contributed by atoms with Gasteiger partial charge in [-0.05, 0) is 31.0 Å². The van der Waals surface area contributed by atoms with Gasteiger partial charge in [-0.25, -0.2) is 0 Å². The van der Waals surface area contributed by atoms with E-state index in [-0.39, 0.29) is 0 Å². The molecule has 0 atom stereocenters. The lowest BCUT2D eigenvalue weighted by molar-refractivity contribution is 0.268. The van der Waals surface area contributed by atoms with E-state index >= 15 is 0 Å². The summed E-state index contributed by atoms with van der Waals surface area (Å²) in [5, 5.41) is 4.65. The molecule has 0 spiro atoms. The van der Waals surface area contributed by atoms with E-state index in [9.17, 15) is 0 Å². The zero-order chi connectivity index (χ0) is 15.1. The van der Waals surface area contributed by atoms with Crippen LogP contribution in [-0.2, 0) is 5.33 Å². The van der Waals surface area contributed by atoms with Gasteiger partial charge >= 0.3 is 0 Å². The number of aromatic nitrogens is 1. The van der Waals surface area contributed by atoms with Crippen molar-refractivity contribution in [1.82, 2.24) is 5.16 Å². The number of hydrogen-bond acceptors (Lipinski definition) is 4. The van der Waals surface area contributed by atoms with Crippen molar-refractivity contribution in [3.8, 4) is 22.8 Å². The zero-order valence-corrected chi connectivity index (χ0v) is 14.0. The van der Waals surface area contributed by atoms with E-state index < -0.39 is 0 Å². The number of nitrogens with zero attached hydrogens (tertiary/aromatic N) is 1. The molecule has 21 heavy (non-hydrogen) atoms. The van der Waals surface area contributed by atoms with Crippen LogP contribution in [0.15, 0.2) is 28.8 Å². The van der Waals surface area contributed by atoms with Gasteiger partial charge in [-0.1, -0.05) is 34.9 Å². The Labute approximate surface area is 133 Å². The summed E-state index contributed by atoms with van der Waals surface area (Å²) in [5.41, 5.74) is 1.80. The van der Waals surface area contributed by atoms with Crippen molar-refractivity contribution in [3.63, 3.8) is 0 Å². The van der Waals surface area contributed by atoms with E-state index in [4.69, 9.17) is 14.0 Å². The molecule has 0 unspecified atom stereocenters. The van der Waals surface area contributed by atoms with Crippen LogP contribution in [0.25, 0.3) is 11.3 Å². The molecule has 0 fully saturated rings. The number of rotatable bonds is 8. The van der Waals surface area contributed by atoms with Gasteiger partial charge in [0.25, 0.3) is 0 Å². The SMILES string of the molecule is CCCOc1ccc(-c2cc(CBr)no2)cc1OCCC. The summed E-state index contributed by atoms with van der Waals surface area (Å²) >= 11 is 3.36. The Bertz CT molecular complexity index is 568. The third-order valence-corrected chi connectivity index (χ3v) is 3.42. The van der Waals surface area contributed by atoms with Gasteiger partial charge in [0.15, 0.2) is 17.3 Å². The van der Waals surface area contributed by atoms with E-state index in [0.717, 1.165) is 41.4 Å². The maximum atomic E-state index is 5.78. The van der Waals surface area contributed by atoms with Gasteiger partial charge in [-0.15, -0.1) is 0 Å². The molecule has 2 aromatic rings. The first kappa shape index (κ1) is 15.9. The molecule has 0 aliphatic rings. The van der Waals surface area contributed by atoms with Crippen LogP contribution in [0.4, 0.5) is 0 Å². The summed E-state index contributed by atoms with van der Waals surface area (Å²) < 4.78 is 16.8. The average Bonchev–Trinajstić information content (AvgIpc) is 3.00. The molecule has 1 aromatic heterocycles. The molecule has 1 aromatic carbocycles. The van der Waals surface area contributed by atoms with E-state index in [1.54, 1.807) is 0 Å². The van der Waals surface area contributed by atoms with Gasteiger partial charge in [0.2, 0.25) is 0 Å². The molecule has 0 saturated carbocycles. The zero-order valence-electron chi connectivity index (χ0n) is 12.4. The van der Waals surface area contributed by atoms with Crippen molar-refractivity contribution in [2.24, 2.45) is 0 Å². The van der Waals surface area contributed by atoms with Crippen LogP contribution >= 0.6 is 15.9 Å². The van der Waals surface area contributed by atoms with Crippen LogP contribution in [0.1, 0.15) is 32.4 Å². The lowest BCUT2D eigenvalue weighted by atomic mass is 10.1. The van der Waals surface area contributed by atoms with Crippen LogP contribution < -0.4 is 9.47 Å². The molecule has 0 N–H and O–H groups in total. The maximum absolute atomic E-state index is 5.78. The summed E-state index contributed by atoms with van der Waals surface area (Å²) in [6.07, 6.45) is 1.92. The maximum Gasteiger partial charge on any atom is 0.167 e. The van der Waals surface area contributed by atoms with Gasteiger partial charge in [-0.2, -0.15) is 0 Å². The van der Waals surface area contributed by atoms with Gasteiger partial charge in [-0.3, -0.25) is 0 Å². The van der Waals surface area contributed by atoms with Crippen molar-refractivity contribution in [2.45, 2.75) is 32.0 Å². The first-order valence-corrected chi connectivity index (χ1v) is 8.32. The number of benzene rings is 1. The molecule has 0 amide bonds. The third kappa shape index (κ3) is 4.24. The Morgan fingerprint density at radius 2 is 1.76 bits per heavy atom. The van der Waals surface area contributed by atoms with E-state index in [0.29, 0.717) is 18.5 Å². The highest BCUT2D eigenvalue weighted by Gasteiger charge is 2.11. The van der Waals surface area contributed by atoms with Crippen LogP contribution in [0.5, 0.6) is 11.5 Å². The first-order valence-electron chi connectivity index (χ1n) is 7.20. The summed E-state index contributed by atoms with van der Waals surface area (Å²) in [7, 11) is 0. The normalized spacial score (nSPS) is 10.6. The molecule has 0 radical (unpaired) electrons. The highest BCUT2D eigenvalue weighted by Crippen LogP contribution is 2.33. The Balaban J connectivity index is 2.26. The monoisotopic (exact) mass is 353 g/mol. The second-order valence-electron chi connectivity index (χ2n) is 4.67. The van der Waals surface area contributed by atoms with Gasteiger partial charge in [0, 0.05) is 17.0 Å². The fourth-order valence-electron chi connectivity index (χ4n) is 1.83. The highest BCUT2D eigenvalue weighted by atomic mass is 79.9. The second-order valence-corrected chi connectivity index (χ2v) is 5.24. The number of alkyl halides is 1. The van der Waals surface area contributed by atoms with Gasteiger partial charge < -0.3 is 14.0 Å². The summed E-state index contributed by atoms with van der Waals surface area (Å²) in [6, 6.07) is 7.74. The minimum atomic E-state index is 0.662. The number of hydrogen-bond donors (Lipinski definition) is 0. The molecule has 4 nitrogen and oxygen atoms in total. The fraction of sp³-hybridized carbons (Fsp3) is 0.438. The summed E-state index contributed by atoms with van der Waals surface area (Å²) in [6.45, 7) is 5.50. The van der Waals surface area contributed by atoms with Crippen LogP contribution in [-0.4, -0.2) is 18.4 Å². The molecule has 0 saturated heterocycles. The quantitative estimate of drug-likeness (QED) is 0.638. The number of halogens is 1. The molecule has 2 rings (SSSR count). The van der Waals surface area contributed by atoms with Crippen molar-refractivity contribution in [1.29, 1.82) is 0 Å². The average molecular weight is 354 g/mol. The predicted octanol–water partition coefficient (Wildman–Crippen LogP) is 4.81. The summed E-state index contributed by atoms with van der Waals surface area (Å²) in [4.78, 5) is 0. The molecule has 5 heteroatoms.